The Kier molecular flexibility index (Phi) is 8.48. The molecule has 2 aromatic carbocycles. The third kappa shape index (κ3) is 6.80. The molecule has 0 radical (unpaired) electrons. The first-order chi connectivity index (χ1) is 13.9. The van der Waals surface area contributed by atoms with Gasteiger partial charge in [-0.05, 0) is 62.1 Å². The fourth-order valence-electron chi connectivity index (χ4n) is 3.25. The summed E-state index contributed by atoms with van der Waals surface area (Å²) in [4.78, 5) is 12.6. The van der Waals surface area contributed by atoms with E-state index >= 15 is 0 Å². The summed E-state index contributed by atoms with van der Waals surface area (Å²) in [5.41, 5.74) is 4.71. The lowest BCUT2D eigenvalue weighted by atomic mass is 10.0. The van der Waals surface area contributed by atoms with E-state index in [0.717, 1.165) is 40.1 Å². The molecule has 4 heteroatoms. The van der Waals surface area contributed by atoms with Crippen LogP contribution in [-0.2, 0) is 4.79 Å². The van der Waals surface area contributed by atoms with Crippen molar-refractivity contribution in [1.82, 2.24) is 0 Å². The second-order valence-electron chi connectivity index (χ2n) is 7.38. The molecule has 29 heavy (non-hydrogen) atoms. The Morgan fingerprint density at radius 1 is 1.07 bits per heavy atom. The molecule has 152 valence electrons. The molecule has 0 saturated heterocycles. The third-order valence-corrected chi connectivity index (χ3v) is 4.74. The van der Waals surface area contributed by atoms with Gasteiger partial charge in [0.15, 0.2) is 0 Å². The van der Waals surface area contributed by atoms with Crippen molar-refractivity contribution in [2.75, 3.05) is 11.9 Å². The Hall–Kier alpha value is -3.06. The van der Waals surface area contributed by atoms with Crippen LogP contribution in [0.4, 0.5) is 5.69 Å². The zero-order valence-corrected chi connectivity index (χ0v) is 17.8. The molecule has 0 atom stereocenters. The normalized spacial score (nSPS) is 11.1. The molecular formula is C25H30N2O2. The fraction of sp³-hybridized carbons (Fsp3) is 0.360. The van der Waals surface area contributed by atoms with Crippen molar-refractivity contribution in [3.63, 3.8) is 0 Å². The summed E-state index contributed by atoms with van der Waals surface area (Å²) < 4.78 is 5.74. The number of carbonyl (C=O) groups is 1. The number of ether oxygens (including phenoxy) is 1. The van der Waals surface area contributed by atoms with Crippen molar-refractivity contribution >= 4 is 17.7 Å². The van der Waals surface area contributed by atoms with E-state index in [1.54, 1.807) is 6.08 Å². The first kappa shape index (κ1) is 22.2. The van der Waals surface area contributed by atoms with Crippen molar-refractivity contribution in [2.24, 2.45) is 0 Å². The highest BCUT2D eigenvalue weighted by Gasteiger charge is 2.13. The molecule has 4 nitrogen and oxygen atoms in total. The summed E-state index contributed by atoms with van der Waals surface area (Å²) in [5, 5.41) is 12.3. The van der Waals surface area contributed by atoms with Crippen molar-refractivity contribution in [3.8, 4) is 11.8 Å². The highest BCUT2D eigenvalue weighted by molar-refractivity contribution is 6.10. The van der Waals surface area contributed by atoms with Crippen molar-refractivity contribution in [1.29, 1.82) is 5.26 Å². The second-order valence-corrected chi connectivity index (χ2v) is 7.38. The van der Waals surface area contributed by atoms with Gasteiger partial charge in [-0.1, -0.05) is 56.0 Å². The van der Waals surface area contributed by atoms with E-state index in [4.69, 9.17) is 4.74 Å². The molecule has 2 rings (SSSR count). The molecule has 0 aromatic heterocycles. The molecule has 0 aliphatic carbocycles. The molecule has 0 bridgehead atoms. The van der Waals surface area contributed by atoms with Crippen LogP contribution in [0, 0.1) is 32.1 Å². The Morgan fingerprint density at radius 3 is 2.31 bits per heavy atom. The van der Waals surface area contributed by atoms with Crippen LogP contribution < -0.4 is 10.1 Å². The molecule has 1 N–H and O–H groups in total. The standard InChI is InChI=1S/C25H30N2O2/c1-5-6-7-8-13-29-23-11-9-21(10-12-23)16-22(17-26)25(28)27-24-19(3)14-18(2)15-20(24)4/h9-12,14-16H,5-8,13H2,1-4H3,(H,27,28)/b22-16+. The van der Waals surface area contributed by atoms with Crippen LogP contribution in [0.15, 0.2) is 42.0 Å². The average molecular weight is 391 g/mol. The quantitative estimate of drug-likeness (QED) is 0.319. The molecule has 1 amide bonds. The maximum absolute atomic E-state index is 12.6. The van der Waals surface area contributed by atoms with Gasteiger partial charge in [-0.2, -0.15) is 5.26 Å². The Bertz CT molecular complexity index is 882. The minimum Gasteiger partial charge on any atom is -0.494 e. The van der Waals surface area contributed by atoms with Gasteiger partial charge in [-0.3, -0.25) is 4.79 Å². The first-order valence-corrected chi connectivity index (χ1v) is 10.2. The average Bonchev–Trinajstić information content (AvgIpc) is 2.69. The highest BCUT2D eigenvalue weighted by Crippen LogP contribution is 2.23. The molecule has 2 aromatic rings. The van der Waals surface area contributed by atoms with Crippen LogP contribution in [0.3, 0.4) is 0 Å². The lowest BCUT2D eigenvalue weighted by Gasteiger charge is -2.12. The monoisotopic (exact) mass is 390 g/mol. The van der Waals surface area contributed by atoms with E-state index in [-0.39, 0.29) is 5.57 Å². The largest absolute Gasteiger partial charge is 0.494 e. The summed E-state index contributed by atoms with van der Waals surface area (Å²) in [5.74, 6) is 0.395. The minimum atomic E-state index is -0.404. The second kappa shape index (κ2) is 11.1. The van der Waals surface area contributed by atoms with Gasteiger partial charge in [-0.25, -0.2) is 0 Å². The number of nitrogens with one attached hydrogen (secondary N) is 1. The van der Waals surface area contributed by atoms with Crippen LogP contribution in [-0.4, -0.2) is 12.5 Å². The van der Waals surface area contributed by atoms with E-state index in [9.17, 15) is 10.1 Å². The number of unbranched alkanes of at least 4 members (excludes halogenated alkanes) is 3. The summed E-state index contributed by atoms with van der Waals surface area (Å²) in [6.07, 6.45) is 6.26. The van der Waals surface area contributed by atoms with Crippen LogP contribution in [0.1, 0.15) is 54.9 Å². The summed E-state index contributed by atoms with van der Waals surface area (Å²) >= 11 is 0. The van der Waals surface area contributed by atoms with E-state index in [1.165, 1.54) is 19.3 Å². The number of hydrogen-bond donors (Lipinski definition) is 1. The van der Waals surface area contributed by atoms with E-state index in [0.29, 0.717) is 6.61 Å². The van der Waals surface area contributed by atoms with E-state index in [1.807, 2.05) is 63.2 Å². The number of carbonyl (C=O) groups excluding carboxylic acids is 1. The molecule has 0 unspecified atom stereocenters. The Balaban J connectivity index is 2.04. The van der Waals surface area contributed by atoms with Crippen LogP contribution in [0.2, 0.25) is 0 Å². The van der Waals surface area contributed by atoms with Gasteiger partial charge in [0.1, 0.15) is 17.4 Å². The maximum Gasteiger partial charge on any atom is 0.266 e. The van der Waals surface area contributed by atoms with Crippen LogP contribution in [0.5, 0.6) is 5.75 Å². The molecule has 0 fully saturated rings. The predicted octanol–water partition coefficient (Wildman–Crippen LogP) is 6.12. The number of anilines is 1. The molecule has 0 aliphatic heterocycles. The van der Waals surface area contributed by atoms with Gasteiger partial charge in [0.05, 0.1) is 6.61 Å². The first-order valence-electron chi connectivity index (χ1n) is 10.2. The summed E-state index contributed by atoms with van der Waals surface area (Å²) in [6, 6.07) is 13.5. The Morgan fingerprint density at radius 2 is 1.72 bits per heavy atom. The van der Waals surface area contributed by atoms with E-state index < -0.39 is 5.91 Å². The number of rotatable bonds is 9. The number of nitrogens with zero attached hydrogens (tertiary/aromatic N) is 1. The number of aryl methyl sites for hydroxylation is 3. The van der Waals surface area contributed by atoms with Gasteiger partial charge in [0.25, 0.3) is 5.91 Å². The minimum absolute atomic E-state index is 0.0672. The number of amides is 1. The van der Waals surface area contributed by atoms with Crippen molar-refractivity contribution in [2.45, 2.75) is 53.4 Å². The summed E-state index contributed by atoms with van der Waals surface area (Å²) in [7, 11) is 0. The molecule has 0 saturated carbocycles. The number of nitriles is 1. The van der Waals surface area contributed by atoms with Crippen LogP contribution in [0.25, 0.3) is 6.08 Å². The topological polar surface area (TPSA) is 62.1 Å². The van der Waals surface area contributed by atoms with E-state index in [2.05, 4.69) is 12.2 Å². The third-order valence-electron chi connectivity index (χ3n) is 4.74. The SMILES string of the molecule is CCCCCCOc1ccc(/C=C(\C#N)C(=O)Nc2c(C)cc(C)cc2C)cc1. The Labute approximate surface area is 174 Å². The van der Waals surface area contributed by atoms with Crippen molar-refractivity contribution < 1.29 is 9.53 Å². The molecule has 0 aliphatic rings. The number of hydrogen-bond acceptors (Lipinski definition) is 3. The lowest BCUT2D eigenvalue weighted by molar-refractivity contribution is -0.112. The fourth-order valence-corrected chi connectivity index (χ4v) is 3.25. The van der Waals surface area contributed by atoms with Gasteiger partial charge < -0.3 is 10.1 Å². The smallest absolute Gasteiger partial charge is 0.266 e. The van der Waals surface area contributed by atoms with Gasteiger partial charge in [0, 0.05) is 5.69 Å². The zero-order valence-electron chi connectivity index (χ0n) is 17.8. The van der Waals surface area contributed by atoms with Crippen molar-refractivity contribution in [3.05, 3.63) is 64.2 Å². The maximum atomic E-state index is 12.6. The molecular weight excluding hydrogens is 360 g/mol. The van der Waals surface area contributed by atoms with Gasteiger partial charge in [0.2, 0.25) is 0 Å². The predicted molar refractivity (Wildman–Crippen MR) is 119 cm³/mol. The zero-order chi connectivity index (χ0) is 21.2. The van der Waals surface area contributed by atoms with Gasteiger partial charge in [-0.15, -0.1) is 0 Å². The van der Waals surface area contributed by atoms with Crippen LogP contribution >= 0.6 is 0 Å². The lowest BCUT2D eigenvalue weighted by Crippen LogP contribution is -2.15. The number of benzene rings is 2. The highest BCUT2D eigenvalue weighted by atomic mass is 16.5. The molecule has 0 heterocycles. The van der Waals surface area contributed by atoms with Gasteiger partial charge >= 0.3 is 0 Å². The summed E-state index contributed by atoms with van der Waals surface area (Å²) in [6.45, 7) is 8.81. The molecule has 0 spiro atoms.